The van der Waals surface area contributed by atoms with Crippen molar-refractivity contribution in [1.82, 2.24) is 15.1 Å². The molecule has 4 heterocycles. The molecule has 4 saturated heterocycles. The summed E-state index contributed by atoms with van der Waals surface area (Å²) in [5.41, 5.74) is -1.90. The third kappa shape index (κ3) is 12.8. The Kier molecular flexibility index (Phi) is 15.8. The largest absolute Gasteiger partial charge is 0.418 e. The van der Waals surface area contributed by atoms with Gasteiger partial charge in [0.1, 0.15) is 0 Å². The summed E-state index contributed by atoms with van der Waals surface area (Å²) >= 11 is 2.81. The van der Waals surface area contributed by atoms with Crippen LogP contribution in [0.3, 0.4) is 0 Å². The van der Waals surface area contributed by atoms with Gasteiger partial charge in [-0.1, -0.05) is 40.2 Å². The molecule has 2 atom stereocenters. The Balaban J connectivity index is 0.000000221. The molecule has 2 aromatic rings. The predicted octanol–water partition coefficient (Wildman–Crippen LogP) is 8.00. The highest BCUT2D eigenvalue weighted by atomic mass is 79.9. The number of halogens is 8. The highest BCUT2D eigenvalue weighted by molar-refractivity contribution is 9.10. The second-order valence-electron chi connectivity index (χ2n) is 14.3. The van der Waals surface area contributed by atoms with Crippen molar-refractivity contribution in [2.24, 2.45) is 0 Å². The number of hydrogen-bond acceptors (Lipinski definition) is 6. The Hall–Kier alpha value is -1.61. The Morgan fingerprint density at radius 1 is 0.700 bits per heavy atom. The second kappa shape index (κ2) is 18.4. The van der Waals surface area contributed by atoms with Crippen LogP contribution in [0.1, 0.15) is 76.3 Å². The summed E-state index contributed by atoms with van der Waals surface area (Å²) < 4.78 is 76.0. The Morgan fingerprint density at radius 3 is 1.66 bits per heavy atom. The average molecular weight is 802 g/mol. The fourth-order valence-electron chi connectivity index (χ4n) is 7.04. The average Bonchev–Trinajstić information content (AvgIpc) is 3.05. The molecule has 3 N–H and O–H groups in total. The summed E-state index contributed by atoms with van der Waals surface area (Å²) in [6, 6.07) is 12.1. The minimum Gasteiger partial charge on any atom is -0.390 e. The number of aliphatic hydroxyl groups is 2. The van der Waals surface area contributed by atoms with E-state index in [-0.39, 0.29) is 22.9 Å². The molecule has 2 aromatic carbocycles. The van der Waals surface area contributed by atoms with Crippen molar-refractivity contribution >= 4 is 34.0 Å². The number of nitrogens with zero attached hydrogens (tertiary/aromatic N) is 3. The summed E-state index contributed by atoms with van der Waals surface area (Å²) in [6.45, 7) is 11.2. The topological polar surface area (TPSA) is 62.2 Å². The molecule has 14 heteroatoms. The van der Waals surface area contributed by atoms with Gasteiger partial charge in [-0.15, -0.1) is 12.4 Å². The van der Waals surface area contributed by atoms with Gasteiger partial charge in [0.25, 0.3) is 0 Å². The van der Waals surface area contributed by atoms with E-state index < -0.39 is 34.7 Å². The van der Waals surface area contributed by atoms with Gasteiger partial charge in [-0.3, -0.25) is 9.80 Å². The first-order valence-corrected chi connectivity index (χ1v) is 18.1. The lowest BCUT2D eigenvalue weighted by atomic mass is 9.91. The summed E-state index contributed by atoms with van der Waals surface area (Å²) in [5.74, 6) is 0. The molecule has 4 aliphatic heterocycles. The summed E-state index contributed by atoms with van der Waals surface area (Å²) in [4.78, 5) is 6.76. The van der Waals surface area contributed by atoms with Crippen LogP contribution < -0.4 is 10.2 Å². The maximum atomic E-state index is 13.3. The summed E-state index contributed by atoms with van der Waals surface area (Å²) in [7, 11) is 0. The van der Waals surface area contributed by atoms with Gasteiger partial charge in [-0.05, 0) is 96.0 Å². The molecule has 0 spiro atoms. The van der Waals surface area contributed by atoms with Crippen molar-refractivity contribution < 1.29 is 36.6 Å². The maximum Gasteiger partial charge on any atom is 0.418 e. The third-order valence-corrected chi connectivity index (χ3v) is 10.9. The first kappa shape index (κ1) is 42.8. The fourth-order valence-corrected chi connectivity index (χ4v) is 7.55. The van der Waals surface area contributed by atoms with Gasteiger partial charge >= 0.3 is 12.4 Å². The zero-order valence-electron chi connectivity index (χ0n) is 28.9. The number of anilines is 1. The minimum absolute atomic E-state index is 0. The van der Waals surface area contributed by atoms with Crippen molar-refractivity contribution in [3.8, 4) is 0 Å². The Bertz CT molecular complexity index is 1310. The number of rotatable bonds is 3. The van der Waals surface area contributed by atoms with Gasteiger partial charge in [0.2, 0.25) is 0 Å². The van der Waals surface area contributed by atoms with Crippen LogP contribution >= 0.6 is 28.3 Å². The molecule has 6 nitrogen and oxygen atoms in total. The molecule has 4 aliphatic rings. The van der Waals surface area contributed by atoms with E-state index in [4.69, 9.17) is 0 Å². The maximum absolute atomic E-state index is 13.3. The van der Waals surface area contributed by atoms with E-state index in [0.717, 1.165) is 89.4 Å². The number of benzene rings is 2. The Labute approximate surface area is 307 Å². The zero-order chi connectivity index (χ0) is 35.9. The van der Waals surface area contributed by atoms with E-state index in [2.05, 4.69) is 31.0 Å². The molecule has 0 bridgehead atoms. The SMILES string of the molecule is CC1(O)CCN(C2CCCN(c3ccccc3C(F)(F)F)C2)CC1.CC1(O)CCN(C2CCCNC2)CC1.Cl.FC(F)(F)c1ccccc1Br. The van der Waals surface area contributed by atoms with E-state index >= 15 is 0 Å². The molecular weight excluding hydrogens is 750 g/mol. The molecule has 0 amide bonds. The van der Waals surface area contributed by atoms with Crippen LogP contribution in [-0.2, 0) is 12.4 Å². The normalized spacial score (nSPS) is 24.5. The molecule has 2 unspecified atom stereocenters. The molecule has 284 valence electrons. The van der Waals surface area contributed by atoms with Crippen molar-refractivity contribution in [3.05, 3.63) is 64.1 Å². The van der Waals surface area contributed by atoms with Crippen LogP contribution in [0.4, 0.5) is 32.0 Å². The first-order valence-electron chi connectivity index (χ1n) is 17.3. The molecule has 50 heavy (non-hydrogen) atoms. The lowest BCUT2D eigenvalue weighted by molar-refractivity contribution is -0.138. The van der Waals surface area contributed by atoms with Gasteiger partial charge in [0, 0.05) is 68.1 Å². The van der Waals surface area contributed by atoms with E-state index in [1.165, 1.54) is 37.6 Å². The van der Waals surface area contributed by atoms with Crippen LogP contribution in [-0.4, -0.2) is 95.7 Å². The smallest absolute Gasteiger partial charge is 0.390 e. The van der Waals surface area contributed by atoms with Crippen LogP contribution in [0.25, 0.3) is 0 Å². The number of piperidine rings is 4. The van der Waals surface area contributed by atoms with Gasteiger partial charge in [0.05, 0.1) is 22.3 Å². The van der Waals surface area contributed by atoms with Crippen molar-refractivity contribution in [2.75, 3.05) is 57.3 Å². The van der Waals surface area contributed by atoms with Crippen molar-refractivity contribution in [2.45, 2.75) is 101 Å². The predicted molar refractivity (Wildman–Crippen MR) is 192 cm³/mol. The van der Waals surface area contributed by atoms with E-state index in [1.807, 2.05) is 18.7 Å². The monoisotopic (exact) mass is 800 g/mol. The van der Waals surface area contributed by atoms with E-state index in [9.17, 15) is 36.6 Å². The van der Waals surface area contributed by atoms with Crippen LogP contribution in [0.15, 0.2) is 53.0 Å². The van der Waals surface area contributed by atoms with Crippen LogP contribution in [0.5, 0.6) is 0 Å². The van der Waals surface area contributed by atoms with Gasteiger partial charge < -0.3 is 20.4 Å². The van der Waals surface area contributed by atoms with Gasteiger partial charge in [-0.2, -0.15) is 26.3 Å². The standard InChI is InChI=1S/C18H25F3N2O.C11H22N2O.C7H4BrF3.ClH/c1-17(24)8-11-22(12-9-17)14-5-4-10-23(13-14)16-7-3-2-6-15(16)18(19,20)21;1-11(14)4-7-13(8-5-11)10-3-2-6-12-9-10;8-6-4-2-1-3-5(6)7(9,10)11;/h2-3,6-7,14,24H,4-5,8-13H2,1H3;10,12,14H,2-9H2,1H3;1-4H;1H. The number of nitrogens with one attached hydrogen (secondary N) is 1. The second-order valence-corrected chi connectivity index (χ2v) is 15.2. The van der Waals surface area contributed by atoms with Gasteiger partial charge in [0.15, 0.2) is 0 Å². The van der Waals surface area contributed by atoms with E-state index in [0.29, 0.717) is 18.8 Å². The number of likely N-dealkylation sites (tertiary alicyclic amines) is 2. The number of alkyl halides is 6. The summed E-state index contributed by atoms with van der Waals surface area (Å²) in [6.07, 6.45) is -0.741. The molecule has 0 radical (unpaired) electrons. The Morgan fingerprint density at radius 2 is 1.18 bits per heavy atom. The van der Waals surface area contributed by atoms with Crippen molar-refractivity contribution in [3.63, 3.8) is 0 Å². The molecule has 0 saturated carbocycles. The number of para-hydroxylation sites is 1. The minimum atomic E-state index is -4.33. The molecule has 6 rings (SSSR count). The molecule has 4 fully saturated rings. The quantitative estimate of drug-likeness (QED) is 0.274. The highest BCUT2D eigenvalue weighted by Gasteiger charge is 2.38. The van der Waals surface area contributed by atoms with Crippen molar-refractivity contribution in [1.29, 1.82) is 0 Å². The lowest BCUT2D eigenvalue weighted by Gasteiger charge is -2.44. The lowest BCUT2D eigenvalue weighted by Crippen LogP contribution is -2.53. The molecular formula is C36H52BrClF6N4O2. The summed E-state index contributed by atoms with van der Waals surface area (Å²) in [5, 5.41) is 23.4. The van der Waals surface area contributed by atoms with Crippen LogP contribution in [0, 0.1) is 0 Å². The third-order valence-electron chi connectivity index (χ3n) is 10.2. The van der Waals surface area contributed by atoms with Gasteiger partial charge in [-0.25, -0.2) is 0 Å². The highest BCUT2D eigenvalue weighted by Crippen LogP contribution is 2.38. The van der Waals surface area contributed by atoms with E-state index in [1.54, 1.807) is 18.2 Å². The molecule has 0 aliphatic carbocycles. The number of hydrogen-bond donors (Lipinski definition) is 3. The fraction of sp³-hybridized carbons (Fsp3) is 0.667. The van der Waals surface area contributed by atoms with Crippen LogP contribution in [0.2, 0.25) is 0 Å². The first-order chi connectivity index (χ1) is 23.0. The zero-order valence-corrected chi connectivity index (χ0v) is 31.3. The molecule has 0 aromatic heterocycles.